The Hall–Kier alpha value is -2.12. The van der Waals surface area contributed by atoms with E-state index in [0.717, 1.165) is 17.7 Å². The topological polar surface area (TPSA) is 68.6 Å². The number of fused-ring (bicyclic) bond motifs is 4. The fourth-order valence-corrected chi connectivity index (χ4v) is 5.98. The summed E-state index contributed by atoms with van der Waals surface area (Å²) in [5.41, 5.74) is 1.80. The van der Waals surface area contributed by atoms with Gasteiger partial charge in [-0.15, -0.1) is 0 Å². The fourth-order valence-electron chi connectivity index (χ4n) is 4.17. The molecule has 138 valence electrons. The molecule has 2 aliphatic heterocycles. The summed E-state index contributed by atoms with van der Waals surface area (Å²) in [5.74, 6) is 0.553. The number of nitrogens with zero attached hydrogens (tertiary/aromatic N) is 2. The van der Waals surface area contributed by atoms with Gasteiger partial charge < -0.3 is 9.30 Å². The lowest BCUT2D eigenvalue weighted by Crippen LogP contribution is -2.49. The van der Waals surface area contributed by atoms with Crippen molar-refractivity contribution in [2.75, 3.05) is 20.2 Å². The molecule has 0 N–H and O–H groups in total. The van der Waals surface area contributed by atoms with Gasteiger partial charge in [-0.05, 0) is 43.0 Å². The van der Waals surface area contributed by atoms with E-state index in [0.29, 0.717) is 25.4 Å². The largest absolute Gasteiger partial charge is 0.495 e. The molecule has 26 heavy (non-hydrogen) atoms. The van der Waals surface area contributed by atoms with E-state index in [1.807, 2.05) is 19.1 Å². The van der Waals surface area contributed by atoms with Crippen molar-refractivity contribution in [3.8, 4) is 5.75 Å². The molecule has 1 aromatic carbocycles. The standard InChI is InChI=1S/C19H22N2O4S/c1-13-6-7-17(25-2)18(8-13)26(23,24)20-10-14-9-15(12-20)16-4-3-5-19(22)21(16)11-14/h3-8,14-15H,9-12H2,1-2H3. The maximum absolute atomic E-state index is 13.3. The first-order valence-electron chi connectivity index (χ1n) is 8.74. The van der Waals surface area contributed by atoms with Crippen LogP contribution in [0.4, 0.5) is 0 Å². The molecule has 1 fully saturated rings. The summed E-state index contributed by atoms with van der Waals surface area (Å²) < 4.78 is 35.3. The van der Waals surface area contributed by atoms with E-state index in [9.17, 15) is 13.2 Å². The molecule has 4 rings (SSSR count). The van der Waals surface area contributed by atoms with Gasteiger partial charge in [0.25, 0.3) is 5.56 Å². The third-order valence-corrected chi connectivity index (χ3v) is 7.24. The van der Waals surface area contributed by atoms with Gasteiger partial charge in [0.05, 0.1) is 7.11 Å². The van der Waals surface area contributed by atoms with Gasteiger partial charge >= 0.3 is 0 Å². The second-order valence-electron chi connectivity index (χ2n) is 7.17. The van der Waals surface area contributed by atoms with Gasteiger partial charge in [0.1, 0.15) is 10.6 Å². The van der Waals surface area contributed by atoms with Crippen LogP contribution in [0.1, 0.15) is 23.6 Å². The second-order valence-corrected chi connectivity index (χ2v) is 9.08. The first-order chi connectivity index (χ1) is 12.4. The molecule has 1 aromatic heterocycles. The highest BCUT2D eigenvalue weighted by Crippen LogP contribution is 2.38. The Balaban J connectivity index is 1.73. The van der Waals surface area contributed by atoms with Crippen LogP contribution in [0.25, 0.3) is 0 Å². The molecule has 6 nitrogen and oxygen atoms in total. The summed E-state index contributed by atoms with van der Waals surface area (Å²) in [6, 6.07) is 10.5. The first kappa shape index (κ1) is 17.3. The van der Waals surface area contributed by atoms with Crippen molar-refractivity contribution >= 4 is 10.0 Å². The SMILES string of the molecule is COc1ccc(C)cc1S(=O)(=O)N1CC2CC(C1)c1cccc(=O)n1C2. The van der Waals surface area contributed by atoms with Crippen molar-refractivity contribution in [3.05, 3.63) is 58.0 Å². The Morgan fingerprint density at radius 3 is 2.69 bits per heavy atom. The van der Waals surface area contributed by atoms with Crippen molar-refractivity contribution in [1.82, 2.24) is 8.87 Å². The van der Waals surface area contributed by atoms with Crippen molar-refractivity contribution in [2.45, 2.75) is 30.7 Å². The number of benzene rings is 1. The zero-order chi connectivity index (χ0) is 18.5. The van der Waals surface area contributed by atoms with E-state index in [2.05, 4.69) is 0 Å². The van der Waals surface area contributed by atoms with Crippen LogP contribution in [-0.4, -0.2) is 37.5 Å². The Kier molecular flexibility index (Phi) is 4.16. The lowest BCUT2D eigenvalue weighted by atomic mass is 9.84. The number of hydrogen-bond acceptors (Lipinski definition) is 4. The summed E-state index contributed by atoms with van der Waals surface area (Å²) >= 11 is 0. The number of aryl methyl sites for hydroxylation is 1. The minimum Gasteiger partial charge on any atom is -0.495 e. The van der Waals surface area contributed by atoms with Crippen molar-refractivity contribution in [1.29, 1.82) is 0 Å². The fraction of sp³-hybridized carbons (Fsp3) is 0.421. The highest BCUT2D eigenvalue weighted by atomic mass is 32.2. The maximum atomic E-state index is 13.3. The molecular formula is C19H22N2O4S. The molecular weight excluding hydrogens is 352 g/mol. The average molecular weight is 374 g/mol. The van der Waals surface area contributed by atoms with Crippen LogP contribution in [0.5, 0.6) is 5.75 Å². The van der Waals surface area contributed by atoms with Gasteiger partial charge in [-0.3, -0.25) is 4.79 Å². The van der Waals surface area contributed by atoms with Gasteiger partial charge in [0, 0.05) is 37.3 Å². The van der Waals surface area contributed by atoms with E-state index in [-0.39, 0.29) is 22.3 Å². The first-order valence-corrected chi connectivity index (χ1v) is 10.2. The van der Waals surface area contributed by atoms with E-state index in [1.165, 1.54) is 7.11 Å². The average Bonchev–Trinajstić information content (AvgIpc) is 2.62. The summed E-state index contributed by atoms with van der Waals surface area (Å²) in [4.78, 5) is 12.3. The van der Waals surface area contributed by atoms with E-state index in [4.69, 9.17) is 4.74 Å². The lowest BCUT2D eigenvalue weighted by molar-refractivity contribution is 0.186. The Morgan fingerprint density at radius 1 is 1.12 bits per heavy atom. The molecule has 0 spiro atoms. The van der Waals surface area contributed by atoms with Gasteiger partial charge in [0.15, 0.2) is 0 Å². The lowest BCUT2D eigenvalue weighted by Gasteiger charge is -2.42. The minimum absolute atomic E-state index is 0.00568. The quantitative estimate of drug-likeness (QED) is 0.824. The van der Waals surface area contributed by atoms with Crippen LogP contribution in [0.2, 0.25) is 0 Å². The number of methoxy groups -OCH3 is 1. The molecule has 1 saturated heterocycles. The zero-order valence-corrected chi connectivity index (χ0v) is 15.7. The van der Waals surface area contributed by atoms with E-state index in [1.54, 1.807) is 33.1 Å². The van der Waals surface area contributed by atoms with E-state index < -0.39 is 10.0 Å². The third kappa shape index (κ3) is 2.75. The van der Waals surface area contributed by atoms with Gasteiger partial charge in [0.2, 0.25) is 10.0 Å². The van der Waals surface area contributed by atoms with Gasteiger partial charge in [-0.2, -0.15) is 4.31 Å². The van der Waals surface area contributed by atoms with Gasteiger partial charge in [-0.25, -0.2) is 8.42 Å². The molecule has 3 heterocycles. The normalized spacial score (nSPS) is 22.7. The monoisotopic (exact) mass is 374 g/mol. The summed E-state index contributed by atoms with van der Waals surface area (Å²) in [6.45, 7) is 3.25. The molecule has 2 aromatic rings. The number of aromatic nitrogens is 1. The number of sulfonamides is 1. The van der Waals surface area contributed by atoms with Crippen LogP contribution >= 0.6 is 0 Å². The summed E-state index contributed by atoms with van der Waals surface area (Å²) in [5, 5.41) is 0. The zero-order valence-electron chi connectivity index (χ0n) is 14.9. The summed E-state index contributed by atoms with van der Waals surface area (Å²) in [7, 11) is -2.18. The molecule has 0 radical (unpaired) electrons. The van der Waals surface area contributed by atoms with Crippen LogP contribution in [-0.2, 0) is 16.6 Å². The molecule has 7 heteroatoms. The van der Waals surface area contributed by atoms with Crippen LogP contribution in [0.15, 0.2) is 46.1 Å². The number of rotatable bonds is 3. The molecule has 0 amide bonds. The third-order valence-electron chi connectivity index (χ3n) is 5.38. The maximum Gasteiger partial charge on any atom is 0.250 e. The van der Waals surface area contributed by atoms with Gasteiger partial charge in [-0.1, -0.05) is 12.1 Å². The Labute approximate surface area is 153 Å². The highest BCUT2D eigenvalue weighted by Gasteiger charge is 2.40. The molecule has 0 saturated carbocycles. The van der Waals surface area contributed by atoms with Crippen molar-refractivity contribution in [3.63, 3.8) is 0 Å². The summed E-state index contributed by atoms with van der Waals surface area (Å²) in [6.07, 6.45) is 0.917. The molecule has 2 atom stereocenters. The smallest absolute Gasteiger partial charge is 0.250 e. The number of ether oxygens (including phenoxy) is 1. The predicted octanol–water partition coefficient (Wildman–Crippen LogP) is 1.97. The number of hydrogen-bond donors (Lipinski definition) is 0. The molecule has 0 aliphatic carbocycles. The second kappa shape index (κ2) is 6.25. The highest BCUT2D eigenvalue weighted by molar-refractivity contribution is 7.89. The Morgan fingerprint density at radius 2 is 1.92 bits per heavy atom. The molecule has 2 aliphatic rings. The minimum atomic E-state index is -3.66. The predicted molar refractivity (Wildman–Crippen MR) is 98.0 cm³/mol. The van der Waals surface area contributed by atoms with Crippen LogP contribution in [0.3, 0.4) is 0 Å². The number of pyridine rings is 1. The van der Waals surface area contributed by atoms with Crippen molar-refractivity contribution in [2.24, 2.45) is 5.92 Å². The molecule has 2 bridgehead atoms. The van der Waals surface area contributed by atoms with Crippen molar-refractivity contribution < 1.29 is 13.2 Å². The Bertz CT molecular complexity index is 1010. The molecule has 2 unspecified atom stereocenters. The van der Waals surface area contributed by atoms with Crippen LogP contribution in [0, 0.1) is 12.8 Å². The van der Waals surface area contributed by atoms with E-state index >= 15 is 0 Å². The van der Waals surface area contributed by atoms with Crippen LogP contribution < -0.4 is 10.3 Å². The number of piperidine rings is 1.